The minimum atomic E-state index is -0.711. The van der Waals surface area contributed by atoms with E-state index in [0.29, 0.717) is 56.4 Å². The number of methoxy groups -OCH3 is 3. The lowest BCUT2D eigenvalue weighted by Crippen LogP contribution is -2.58. The number of phenols is 1. The number of nitrogens with one attached hydrogen (secondary N) is 1. The van der Waals surface area contributed by atoms with Gasteiger partial charge in [-0.05, 0) is 49.6 Å². The molecule has 1 aliphatic rings. The van der Waals surface area contributed by atoms with Crippen LogP contribution in [-0.4, -0.2) is 85.9 Å². The lowest BCUT2D eigenvalue weighted by atomic mass is 9.96. The van der Waals surface area contributed by atoms with Crippen LogP contribution in [0.5, 0.6) is 23.0 Å². The van der Waals surface area contributed by atoms with Crippen LogP contribution in [0.15, 0.2) is 66.7 Å². The van der Waals surface area contributed by atoms with Gasteiger partial charge in [0, 0.05) is 43.8 Å². The van der Waals surface area contributed by atoms with Crippen molar-refractivity contribution in [1.82, 2.24) is 15.1 Å². The molecule has 45 heavy (non-hydrogen) atoms. The van der Waals surface area contributed by atoms with Crippen molar-refractivity contribution in [3.05, 3.63) is 83.4 Å². The molecule has 1 fully saturated rings. The molecule has 10 heteroatoms. The van der Waals surface area contributed by atoms with Gasteiger partial charge >= 0.3 is 5.97 Å². The molecule has 0 saturated carbocycles. The molecule has 0 aromatic heterocycles. The zero-order valence-electron chi connectivity index (χ0n) is 26.9. The van der Waals surface area contributed by atoms with E-state index in [2.05, 4.69) is 10.2 Å². The summed E-state index contributed by atoms with van der Waals surface area (Å²) in [5.74, 6) is 1.59. The van der Waals surface area contributed by atoms with E-state index in [4.69, 9.17) is 18.9 Å². The van der Waals surface area contributed by atoms with Crippen molar-refractivity contribution in [2.24, 2.45) is 0 Å². The fourth-order valence-corrected chi connectivity index (χ4v) is 5.62. The highest BCUT2D eigenvalue weighted by atomic mass is 16.5. The highest BCUT2D eigenvalue weighted by Crippen LogP contribution is 2.40. The van der Waals surface area contributed by atoms with Gasteiger partial charge in [0.2, 0.25) is 11.7 Å². The molecule has 2 N–H and O–H groups in total. The number of benzene rings is 3. The minimum absolute atomic E-state index is 0.0304. The maximum absolute atomic E-state index is 14.0. The molecule has 1 amide bonds. The zero-order chi connectivity index (χ0) is 32.4. The fraction of sp³-hybridized carbons (Fsp3) is 0.429. The van der Waals surface area contributed by atoms with Crippen LogP contribution in [0.1, 0.15) is 37.0 Å². The molecule has 0 spiro atoms. The number of hydrogen-bond acceptors (Lipinski definition) is 9. The summed E-state index contributed by atoms with van der Waals surface area (Å²) in [6, 6.07) is 19.7. The van der Waals surface area contributed by atoms with E-state index in [1.165, 1.54) is 0 Å². The van der Waals surface area contributed by atoms with Crippen LogP contribution in [0.25, 0.3) is 0 Å². The molecule has 1 atom stereocenters. The van der Waals surface area contributed by atoms with Gasteiger partial charge in [-0.15, -0.1) is 0 Å². The predicted octanol–water partition coefficient (Wildman–Crippen LogP) is 4.18. The van der Waals surface area contributed by atoms with Crippen molar-refractivity contribution in [1.29, 1.82) is 0 Å². The topological polar surface area (TPSA) is 110 Å². The first-order valence-electron chi connectivity index (χ1n) is 15.2. The van der Waals surface area contributed by atoms with Crippen molar-refractivity contribution in [2.45, 2.75) is 51.4 Å². The maximum Gasteiger partial charge on any atom is 0.307 e. The Hall–Kier alpha value is -4.28. The normalized spacial score (nSPS) is 14.5. The molecule has 4 rings (SSSR count). The summed E-state index contributed by atoms with van der Waals surface area (Å²) < 4.78 is 22.2. The average Bonchev–Trinajstić information content (AvgIpc) is 3.04. The summed E-state index contributed by atoms with van der Waals surface area (Å²) in [5, 5.41) is 13.2. The number of carbonyl (C=O) groups excluding carboxylic acids is 2. The molecule has 0 radical (unpaired) electrons. The summed E-state index contributed by atoms with van der Waals surface area (Å²) in [6.07, 6.45) is 0.505. The largest absolute Gasteiger partial charge is 0.508 e. The van der Waals surface area contributed by atoms with E-state index in [1.54, 1.807) is 33.5 Å². The third kappa shape index (κ3) is 9.36. The number of aromatic hydroxyl groups is 1. The molecule has 3 aromatic carbocycles. The standard InChI is InChI=1S/C35H45N3O7/c1-35(2,22-31(40)45-24-26-9-7-6-8-10-26)36-29(21-25-11-14-28(39)15-12-25)34(41)38-19-17-37(18-20-38)23-27-13-16-30(42-3)33(44-5)32(27)43-4/h6-16,29,36,39H,17-24H2,1-5H3/t29-/m0/s1. The highest BCUT2D eigenvalue weighted by Gasteiger charge is 2.33. The molecule has 10 nitrogen and oxygen atoms in total. The Labute approximate surface area is 265 Å². The van der Waals surface area contributed by atoms with Gasteiger partial charge in [0.25, 0.3) is 0 Å². The molecule has 3 aromatic rings. The second kappa shape index (κ2) is 15.6. The summed E-state index contributed by atoms with van der Waals surface area (Å²) in [4.78, 5) is 30.9. The Morgan fingerprint density at radius 1 is 0.844 bits per heavy atom. The van der Waals surface area contributed by atoms with Crippen LogP contribution >= 0.6 is 0 Å². The smallest absolute Gasteiger partial charge is 0.307 e. The number of nitrogens with zero attached hydrogens (tertiary/aromatic N) is 2. The molecule has 1 heterocycles. The number of esters is 1. The summed E-state index contributed by atoms with van der Waals surface area (Å²) in [6.45, 7) is 7.13. The molecule has 0 bridgehead atoms. The maximum atomic E-state index is 14.0. The monoisotopic (exact) mass is 619 g/mol. The number of amides is 1. The van der Waals surface area contributed by atoms with Crippen molar-refractivity contribution >= 4 is 11.9 Å². The van der Waals surface area contributed by atoms with Crippen molar-refractivity contribution in [2.75, 3.05) is 47.5 Å². The number of hydrogen-bond donors (Lipinski definition) is 2. The van der Waals surface area contributed by atoms with Gasteiger partial charge in [0.05, 0.1) is 33.8 Å². The number of ether oxygens (including phenoxy) is 4. The third-order valence-electron chi connectivity index (χ3n) is 7.93. The van der Waals surface area contributed by atoms with Crippen LogP contribution < -0.4 is 19.5 Å². The van der Waals surface area contributed by atoms with Gasteiger partial charge in [0.15, 0.2) is 11.5 Å². The van der Waals surface area contributed by atoms with E-state index in [9.17, 15) is 14.7 Å². The van der Waals surface area contributed by atoms with E-state index in [0.717, 1.165) is 16.7 Å². The second-order valence-corrected chi connectivity index (χ2v) is 11.9. The molecule has 0 aliphatic carbocycles. The van der Waals surface area contributed by atoms with E-state index >= 15 is 0 Å². The molecule has 242 valence electrons. The molecule has 1 aliphatic heterocycles. The van der Waals surface area contributed by atoms with Gasteiger partial charge in [-0.3, -0.25) is 19.8 Å². The van der Waals surface area contributed by atoms with Crippen LogP contribution in [0, 0.1) is 0 Å². The molecular formula is C35H45N3O7. The second-order valence-electron chi connectivity index (χ2n) is 11.9. The Kier molecular flexibility index (Phi) is 11.7. The SMILES string of the molecule is COc1ccc(CN2CCN(C(=O)[C@H](Cc3ccc(O)cc3)NC(C)(C)CC(=O)OCc3ccccc3)CC2)c(OC)c1OC. The number of carbonyl (C=O) groups is 2. The molecule has 1 saturated heterocycles. The van der Waals surface area contributed by atoms with Crippen LogP contribution in [-0.2, 0) is 33.9 Å². The van der Waals surface area contributed by atoms with Gasteiger partial charge in [-0.1, -0.05) is 48.5 Å². The van der Waals surface area contributed by atoms with Crippen LogP contribution in [0.2, 0.25) is 0 Å². The third-order valence-corrected chi connectivity index (χ3v) is 7.93. The van der Waals surface area contributed by atoms with Crippen LogP contribution in [0.3, 0.4) is 0 Å². The Bertz CT molecular complexity index is 1400. The summed E-state index contributed by atoms with van der Waals surface area (Å²) in [7, 11) is 4.80. The van der Waals surface area contributed by atoms with E-state index in [-0.39, 0.29) is 30.7 Å². The number of piperazine rings is 1. The molecule has 0 unspecified atom stereocenters. The number of rotatable bonds is 14. The predicted molar refractivity (Wildman–Crippen MR) is 172 cm³/mol. The average molecular weight is 620 g/mol. The van der Waals surface area contributed by atoms with Gasteiger partial charge in [0.1, 0.15) is 12.4 Å². The van der Waals surface area contributed by atoms with Gasteiger partial charge < -0.3 is 29.0 Å². The Morgan fingerprint density at radius 2 is 1.51 bits per heavy atom. The molecular weight excluding hydrogens is 574 g/mol. The minimum Gasteiger partial charge on any atom is -0.508 e. The lowest BCUT2D eigenvalue weighted by Gasteiger charge is -2.38. The summed E-state index contributed by atoms with van der Waals surface area (Å²) in [5.41, 5.74) is 2.08. The quantitative estimate of drug-likeness (QED) is 0.257. The van der Waals surface area contributed by atoms with Crippen molar-refractivity contribution < 1.29 is 33.6 Å². The zero-order valence-corrected chi connectivity index (χ0v) is 26.9. The Morgan fingerprint density at radius 3 is 2.13 bits per heavy atom. The van der Waals surface area contributed by atoms with Crippen molar-refractivity contribution in [3.8, 4) is 23.0 Å². The number of phenolic OH excluding ortho intramolecular Hbond substituents is 1. The first kappa shape index (κ1) is 33.6. The van der Waals surface area contributed by atoms with E-state index < -0.39 is 11.6 Å². The van der Waals surface area contributed by atoms with E-state index in [1.807, 2.05) is 73.3 Å². The van der Waals surface area contributed by atoms with Gasteiger partial charge in [-0.25, -0.2) is 0 Å². The van der Waals surface area contributed by atoms with Crippen LogP contribution in [0.4, 0.5) is 0 Å². The fourth-order valence-electron chi connectivity index (χ4n) is 5.62. The lowest BCUT2D eigenvalue weighted by molar-refractivity contribution is -0.147. The van der Waals surface area contributed by atoms with Crippen molar-refractivity contribution in [3.63, 3.8) is 0 Å². The summed E-state index contributed by atoms with van der Waals surface area (Å²) >= 11 is 0. The highest BCUT2D eigenvalue weighted by molar-refractivity contribution is 5.82. The first-order valence-corrected chi connectivity index (χ1v) is 15.2. The van der Waals surface area contributed by atoms with Gasteiger partial charge in [-0.2, -0.15) is 0 Å². The Balaban J connectivity index is 1.40. The first-order chi connectivity index (χ1) is 21.6.